The number of hydrogen-bond acceptors (Lipinski definition) is 6. The second-order valence-electron chi connectivity index (χ2n) is 6.55. The Bertz CT molecular complexity index is 790. The summed E-state index contributed by atoms with van der Waals surface area (Å²) in [6, 6.07) is 9.04. The van der Waals surface area contributed by atoms with Crippen LogP contribution in [-0.4, -0.2) is 47.7 Å². The van der Waals surface area contributed by atoms with E-state index in [4.69, 9.17) is 10.00 Å². The van der Waals surface area contributed by atoms with Gasteiger partial charge in [0.2, 0.25) is 5.95 Å². The summed E-state index contributed by atoms with van der Waals surface area (Å²) in [4.78, 5) is 13.3. The van der Waals surface area contributed by atoms with E-state index in [1.807, 2.05) is 0 Å². The van der Waals surface area contributed by atoms with E-state index in [2.05, 4.69) is 51.0 Å². The summed E-state index contributed by atoms with van der Waals surface area (Å²) in [7, 11) is 0. The van der Waals surface area contributed by atoms with E-state index in [9.17, 15) is 0 Å². The maximum absolute atomic E-state index is 8.84. The van der Waals surface area contributed by atoms with Crippen molar-refractivity contribution in [2.45, 2.75) is 19.4 Å². The van der Waals surface area contributed by atoms with Crippen molar-refractivity contribution in [3.8, 4) is 11.8 Å². The minimum Gasteiger partial charge on any atom is -0.493 e. The van der Waals surface area contributed by atoms with Crippen LogP contribution < -0.4 is 9.64 Å². The van der Waals surface area contributed by atoms with Gasteiger partial charge in [0.25, 0.3) is 0 Å². The molecule has 6 nitrogen and oxygen atoms in total. The molecule has 0 N–H and O–H groups in total. The van der Waals surface area contributed by atoms with Crippen molar-refractivity contribution >= 4 is 5.95 Å². The zero-order valence-corrected chi connectivity index (χ0v) is 14.4. The summed E-state index contributed by atoms with van der Waals surface area (Å²) in [5.74, 6) is 1.76. The second kappa shape index (κ2) is 6.69. The minimum absolute atomic E-state index is 0.360. The Labute approximate surface area is 147 Å². The molecule has 2 aromatic rings. The fourth-order valence-electron chi connectivity index (χ4n) is 3.51. The third kappa shape index (κ3) is 3.15. The predicted octanol–water partition coefficient (Wildman–Crippen LogP) is 2.17. The highest BCUT2D eigenvalue weighted by atomic mass is 16.5. The normalized spacial score (nSPS) is 18.3. The molecule has 0 radical (unpaired) electrons. The number of nitrogens with zero attached hydrogens (tertiary/aromatic N) is 5. The van der Waals surface area contributed by atoms with Crippen LogP contribution in [0.1, 0.15) is 29.7 Å². The van der Waals surface area contributed by atoms with Crippen LogP contribution in [0.3, 0.4) is 0 Å². The van der Waals surface area contributed by atoms with E-state index in [1.54, 1.807) is 12.4 Å². The van der Waals surface area contributed by atoms with Gasteiger partial charge in [-0.2, -0.15) is 5.26 Å². The van der Waals surface area contributed by atoms with Gasteiger partial charge in [-0.05, 0) is 24.1 Å². The number of nitriles is 1. The van der Waals surface area contributed by atoms with E-state index in [0.717, 1.165) is 45.0 Å². The topological polar surface area (TPSA) is 65.3 Å². The minimum atomic E-state index is 0.360. The van der Waals surface area contributed by atoms with Gasteiger partial charge in [0, 0.05) is 38.6 Å². The Balaban J connectivity index is 1.40. The van der Waals surface area contributed by atoms with Crippen LogP contribution in [0.15, 0.2) is 30.6 Å². The van der Waals surface area contributed by atoms with Gasteiger partial charge in [0.05, 0.1) is 24.6 Å². The number of rotatable bonds is 3. The molecule has 1 atom stereocenters. The Kier molecular flexibility index (Phi) is 4.24. The summed E-state index contributed by atoms with van der Waals surface area (Å²) in [5.41, 5.74) is 3.12. The van der Waals surface area contributed by atoms with Crippen LogP contribution in [0.2, 0.25) is 0 Å². The first kappa shape index (κ1) is 15.9. The Morgan fingerprint density at radius 1 is 1.16 bits per heavy atom. The maximum Gasteiger partial charge on any atom is 0.225 e. The van der Waals surface area contributed by atoms with Crippen molar-refractivity contribution < 1.29 is 4.74 Å². The first-order valence-electron chi connectivity index (χ1n) is 8.71. The highest BCUT2D eigenvalue weighted by Gasteiger charge is 2.24. The lowest BCUT2D eigenvalue weighted by Crippen LogP contribution is -2.47. The predicted molar refractivity (Wildman–Crippen MR) is 94.6 cm³/mol. The molecule has 1 saturated heterocycles. The molecule has 25 heavy (non-hydrogen) atoms. The third-order valence-corrected chi connectivity index (χ3v) is 5.11. The zero-order chi connectivity index (χ0) is 17.2. The number of fused-ring (bicyclic) bond motifs is 1. The monoisotopic (exact) mass is 335 g/mol. The van der Waals surface area contributed by atoms with Gasteiger partial charge in [0.1, 0.15) is 11.8 Å². The van der Waals surface area contributed by atoms with Crippen molar-refractivity contribution in [1.82, 2.24) is 14.9 Å². The molecule has 0 bridgehead atoms. The second-order valence-corrected chi connectivity index (χ2v) is 6.55. The summed E-state index contributed by atoms with van der Waals surface area (Å²) >= 11 is 0. The number of aromatic nitrogens is 2. The van der Waals surface area contributed by atoms with Crippen molar-refractivity contribution in [3.63, 3.8) is 0 Å². The summed E-state index contributed by atoms with van der Waals surface area (Å²) in [6.07, 6.45) is 4.19. The fourth-order valence-corrected chi connectivity index (χ4v) is 3.51. The highest BCUT2D eigenvalue weighted by Crippen LogP contribution is 2.31. The number of ether oxygens (including phenoxy) is 1. The van der Waals surface area contributed by atoms with Gasteiger partial charge in [-0.15, -0.1) is 0 Å². The van der Waals surface area contributed by atoms with Crippen LogP contribution >= 0.6 is 0 Å². The number of benzene rings is 1. The lowest BCUT2D eigenvalue weighted by atomic mass is 10.0. The molecule has 1 aromatic heterocycles. The molecule has 1 aromatic carbocycles. The third-order valence-electron chi connectivity index (χ3n) is 5.11. The molecule has 1 fully saturated rings. The van der Waals surface area contributed by atoms with E-state index >= 15 is 0 Å². The Morgan fingerprint density at radius 2 is 1.92 bits per heavy atom. The van der Waals surface area contributed by atoms with E-state index in [1.165, 1.54) is 11.1 Å². The summed E-state index contributed by atoms with van der Waals surface area (Å²) < 4.78 is 5.70. The average molecular weight is 335 g/mol. The van der Waals surface area contributed by atoms with Gasteiger partial charge in [-0.3, -0.25) is 4.90 Å². The average Bonchev–Trinajstić information content (AvgIpc) is 3.15. The van der Waals surface area contributed by atoms with Crippen molar-refractivity contribution in [1.29, 1.82) is 5.26 Å². The van der Waals surface area contributed by atoms with E-state index in [0.29, 0.717) is 17.6 Å². The van der Waals surface area contributed by atoms with Gasteiger partial charge in [-0.25, -0.2) is 9.97 Å². The van der Waals surface area contributed by atoms with Crippen LogP contribution in [0.4, 0.5) is 5.95 Å². The Hall–Kier alpha value is -2.65. The summed E-state index contributed by atoms with van der Waals surface area (Å²) in [5, 5.41) is 8.84. The first-order valence-corrected chi connectivity index (χ1v) is 8.71. The Morgan fingerprint density at radius 3 is 2.64 bits per heavy atom. The van der Waals surface area contributed by atoms with Crippen LogP contribution in [0.5, 0.6) is 5.75 Å². The lowest BCUT2D eigenvalue weighted by molar-refractivity contribution is 0.197. The maximum atomic E-state index is 8.84. The van der Waals surface area contributed by atoms with Crippen LogP contribution in [-0.2, 0) is 6.42 Å². The van der Waals surface area contributed by atoms with Crippen molar-refractivity contribution in [2.75, 3.05) is 37.7 Å². The lowest BCUT2D eigenvalue weighted by Gasteiger charge is -2.38. The molecule has 0 saturated carbocycles. The van der Waals surface area contributed by atoms with Gasteiger partial charge in [-0.1, -0.05) is 12.1 Å². The fraction of sp³-hybridized carbons (Fsp3) is 0.421. The number of piperazine rings is 1. The molecule has 4 rings (SSSR count). The van der Waals surface area contributed by atoms with Gasteiger partial charge in [0.15, 0.2) is 0 Å². The first-order chi connectivity index (χ1) is 12.2. The van der Waals surface area contributed by atoms with E-state index < -0.39 is 0 Å². The molecule has 0 amide bonds. The van der Waals surface area contributed by atoms with E-state index in [-0.39, 0.29) is 0 Å². The number of anilines is 1. The molecule has 0 spiro atoms. The largest absolute Gasteiger partial charge is 0.493 e. The standard InChI is InChI=1S/C19H21N5O/c1-14(17-3-2-16-4-9-25-18(16)10-17)23-5-7-24(8-6-23)19-21-12-15(11-20)13-22-19/h2-3,10,12-14H,4-9H2,1H3/t14-/m0/s1. The molecular formula is C19H21N5O. The molecule has 0 aliphatic carbocycles. The van der Waals surface area contributed by atoms with Crippen LogP contribution in [0.25, 0.3) is 0 Å². The molecule has 3 heterocycles. The molecule has 6 heteroatoms. The molecule has 2 aliphatic heterocycles. The molecule has 128 valence electrons. The van der Waals surface area contributed by atoms with Crippen molar-refractivity contribution in [2.24, 2.45) is 0 Å². The molecule has 0 unspecified atom stereocenters. The zero-order valence-electron chi connectivity index (χ0n) is 14.4. The van der Waals surface area contributed by atoms with Gasteiger partial charge >= 0.3 is 0 Å². The number of hydrogen-bond donors (Lipinski definition) is 0. The molecule has 2 aliphatic rings. The SMILES string of the molecule is C[C@@H](c1ccc2c(c1)OCC2)N1CCN(c2ncc(C#N)cn2)CC1. The molecular weight excluding hydrogens is 314 g/mol. The smallest absolute Gasteiger partial charge is 0.225 e. The van der Waals surface area contributed by atoms with Gasteiger partial charge < -0.3 is 9.64 Å². The quantitative estimate of drug-likeness (QED) is 0.856. The highest BCUT2D eigenvalue weighted by molar-refractivity contribution is 5.41. The van der Waals surface area contributed by atoms with Crippen LogP contribution in [0, 0.1) is 11.3 Å². The van der Waals surface area contributed by atoms with Crippen molar-refractivity contribution in [3.05, 3.63) is 47.3 Å². The summed E-state index contributed by atoms with van der Waals surface area (Å²) in [6.45, 7) is 6.75.